The number of nitrogens with two attached hydrogens (primary N) is 1. The number of aliphatic hydroxyl groups is 3. The Morgan fingerprint density at radius 2 is 1.66 bits per heavy atom. The molecular formula is C23H40N4O11. The van der Waals surface area contributed by atoms with Crippen molar-refractivity contribution in [1.82, 2.24) is 16.0 Å². The van der Waals surface area contributed by atoms with Gasteiger partial charge in [-0.3, -0.25) is 19.2 Å². The molecule has 0 aromatic carbocycles. The minimum atomic E-state index is -1.87. The van der Waals surface area contributed by atoms with E-state index in [0.717, 1.165) is 13.3 Å². The third kappa shape index (κ3) is 12.9. The number of unbranched alkanes of at least 4 members (excludes halogenated alkanes) is 1. The monoisotopic (exact) mass is 548 g/mol. The lowest BCUT2D eigenvalue weighted by molar-refractivity contribution is -0.158. The van der Waals surface area contributed by atoms with Gasteiger partial charge in [0, 0.05) is 13.3 Å². The summed E-state index contributed by atoms with van der Waals surface area (Å²) in [5.41, 5.74) is 5.13. The molecule has 38 heavy (non-hydrogen) atoms. The number of aliphatic hydroxyl groups excluding tert-OH is 3. The van der Waals surface area contributed by atoms with E-state index < -0.39 is 78.7 Å². The lowest BCUT2D eigenvalue weighted by Crippen LogP contribution is -2.57. The second kappa shape index (κ2) is 18.2. The summed E-state index contributed by atoms with van der Waals surface area (Å²) >= 11 is 0. The Hall–Kier alpha value is -3.14. The van der Waals surface area contributed by atoms with Crippen LogP contribution in [0.5, 0.6) is 0 Å². The predicted molar refractivity (Wildman–Crippen MR) is 131 cm³/mol. The van der Waals surface area contributed by atoms with Crippen LogP contribution in [0.2, 0.25) is 0 Å². The quantitative estimate of drug-likeness (QED) is 0.0480. The molecule has 4 amide bonds. The van der Waals surface area contributed by atoms with E-state index in [9.17, 15) is 39.0 Å². The standard InChI is InChI=1S/C23H40N4O11/c1-5-6-9-37-23(36)15(7-8-18(24)32)27-21(34)12(2)25-22(35)13(3)38-20(19(33)17(31)11-29)16(10-28)26-14(4)30/h10,12-13,15-17,19-20,29,31,33H,5-9,11H2,1-4H3,(H2,24,32)(H,25,35)(H,26,30)(H,27,34)/t12-,13+,15+,16-,17+,19+,20+/m0/s1. The Morgan fingerprint density at radius 3 is 2.16 bits per heavy atom. The summed E-state index contributed by atoms with van der Waals surface area (Å²) < 4.78 is 10.5. The van der Waals surface area contributed by atoms with Crippen LogP contribution >= 0.6 is 0 Å². The van der Waals surface area contributed by atoms with E-state index in [0.29, 0.717) is 6.42 Å². The third-order valence-corrected chi connectivity index (χ3v) is 5.29. The topological polar surface area (TPSA) is 244 Å². The number of nitrogens with one attached hydrogen (secondary N) is 3. The number of carbonyl (C=O) groups excluding carboxylic acids is 6. The number of hydrogen-bond acceptors (Lipinski definition) is 11. The van der Waals surface area contributed by atoms with Gasteiger partial charge in [0.2, 0.25) is 23.6 Å². The zero-order valence-electron chi connectivity index (χ0n) is 22.0. The average molecular weight is 549 g/mol. The smallest absolute Gasteiger partial charge is 0.328 e. The van der Waals surface area contributed by atoms with Crippen molar-refractivity contribution in [3.8, 4) is 0 Å². The lowest BCUT2D eigenvalue weighted by atomic mass is 10.0. The van der Waals surface area contributed by atoms with Gasteiger partial charge in [-0.15, -0.1) is 0 Å². The highest BCUT2D eigenvalue weighted by Gasteiger charge is 2.37. The van der Waals surface area contributed by atoms with Gasteiger partial charge < -0.3 is 51.3 Å². The molecule has 0 aromatic heterocycles. The molecule has 0 heterocycles. The van der Waals surface area contributed by atoms with E-state index >= 15 is 0 Å². The molecule has 0 unspecified atom stereocenters. The summed E-state index contributed by atoms with van der Waals surface area (Å²) in [6.07, 6.45) is -5.41. The molecule has 15 heteroatoms. The molecular weight excluding hydrogens is 508 g/mol. The zero-order chi connectivity index (χ0) is 29.4. The Balaban J connectivity index is 5.37. The van der Waals surface area contributed by atoms with Crippen molar-refractivity contribution in [3.63, 3.8) is 0 Å². The van der Waals surface area contributed by atoms with E-state index in [4.69, 9.17) is 20.3 Å². The first-order valence-electron chi connectivity index (χ1n) is 12.2. The maximum Gasteiger partial charge on any atom is 0.328 e. The molecule has 15 nitrogen and oxygen atoms in total. The van der Waals surface area contributed by atoms with Crippen molar-refractivity contribution in [2.45, 2.75) is 95.9 Å². The maximum atomic E-state index is 12.7. The van der Waals surface area contributed by atoms with Crippen LogP contribution in [0, 0.1) is 0 Å². The van der Waals surface area contributed by atoms with Crippen LogP contribution in [0.3, 0.4) is 0 Å². The molecule has 0 spiro atoms. The van der Waals surface area contributed by atoms with Crippen molar-refractivity contribution in [2.75, 3.05) is 13.2 Å². The Bertz CT molecular complexity index is 810. The van der Waals surface area contributed by atoms with Crippen LogP contribution in [0.1, 0.15) is 53.4 Å². The summed E-state index contributed by atoms with van der Waals surface area (Å²) in [5, 5.41) is 36.2. The first-order valence-corrected chi connectivity index (χ1v) is 12.2. The Labute approximate surface area is 220 Å². The second-order valence-corrected chi connectivity index (χ2v) is 8.66. The fraction of sp³-hybridized carbons (Fsp3) is 0.739. The highest BCUT2D eigenvalue weighted by molar-refractivity contribution is 5.91. The van der Waals surface area contributed by atoms with Crippen molar-refractivity contribution < 1.29 is 53.6 Å². The first-order chi connectivity index (χ1) is 17.8. The van der Waals surface area contributed by atoms with Crippen molar-refractivity contribution >= 4 is 35.9 Å². The molecule has 0 aromatic rings. The van der Waals surface area contributed by atoms with Crippen molar-refractivity contribution in [2.24, 2.45) is 5.73 Å². The van der Waals surface area contributed by atoms with Crippen LogP contribution in [0.15, 0.2) is 0 Å². The third-order valence-electron chi connectivity index (χ3n) is 5.29. The molecule has 8 N–H and O–H groups in total. The van der Waals surface area contributed by atoms with Crippen molar-refractivity contribution in [1.29, 1.82) is 0 Å². The molecule has 0 fully saturated rings. The number of hydrogen-bond donors (Lipinski definition) is 7. The first kappa shape index (κ1) is 34.9. The summed E-state index contributed by atoms with van der Waals surface area (Å²) in [7, 11) is 0. The van der Waals surface area contributed by atoms with E-state index in [-0.39, 0.29) is 25.7 Å². The number of amides is 4. The van der Waals surface area contributed by atoms with Crippen LogP contribution in [0.4, 0.5) is 0 Å². The van der Waals surface area contributed by atoms with Gasteiger partial charge in [-0.1, -0.05) is 13.3 Å². The molecule has 7 atom stereocenters. The molecule has 0 rings (SSSR count). The van der Waals surface area contributed by atoms with Gasteiger partial charge in [-0.2, -0.15) is 0 Å². The van der Waals surface area contributed by atoms with Gasteiger partial charge in [-0.05, 0) is 26.7 Å². The van der Waals surface area contributed by atoms with Crippen LogP contribution in [-0.4, -0.2) is 107 Å². The minimum Gasteiger partial charge on any atom is -0.464 e. The fourth-order valence-electron chi connectivity index (χ4n) is 3.08. The van der Waals surface area contributed by atoms with E-state index in [2.05, 4.69) is 16.0 Å². The summed E-state index contributed by atoms with van der Waals surface area (Å²) in [6.45, 7) is 4.74. The van der Waals surface area contributed by atoms with Gasteiger partial charge >= 0.3 is 5.97 Å². The van der Waals surface area contributed by atoms with Crippen LogP contribution < -0.4 is 21.7 Å². The minimum absolute atomic E-state index is 0.116. The highest BCUT2D eigenvalue weighted by Crippen LogP contribution is 2.12. The number of rotatable bonds is 19. The lowest BCUT2D eigenvalue weighted by Gasteiger charge is -2.32. The molecule has 0 saturated carbocycles. The molecule has 0 radical (unpaired) electrons. The predicted octanol–water partition coefficient (Wildman–Crippen LogP) is -3.22. The van der Waals surface area contributed by atoms with E-state index in [1.807, 2.05) is 6.92 Å². The number of carbonyl (C=O) groups is 6. The molecule has 0 saturated heterocycles. The number of primary amides is 1. The zero-order valence-corrected chi connectivity index (χ0v) is 22.0. The highest BCUT2D eigenvalue weighted by atomic mass is 16.5. The average Bonchev–Trinajstić information content (AvgIpc) is 2.86. The SMILES string of the molecule is CCCCOC(=O)[C@@H](CCC(N)=O)NC(=O)[C@H](C)NC(=O)[C@@H](C)O[C@@H]([C@H](O)[C@H](O)CO)[C@H](C=O)NC(C)=O. The Kier molecular flexibility index (Phi) is 16.7. The van der Waals surface area contributed by atoms with E-state index in [1.54, 1.807) is 0 Å². The molecule has 0 bridgehead atoms. The largest absolute Gasteiger partial charge is 0.464 e. The van der Waals surface area contributed by atoms with Gasteiger partial charge in [0.1, 0.15) is 48.8 Å². The maximum absolute atomic E-state index is 12.7. The second-order valence-electron chi connectivity index (χ2n) is 8.66. The number of aldehydes is 1. The van der Waals surface area contributed by atoms with Gasteiger partial charge in [0.25, 0.3) is 0 Å². The number of esters is 1. The number of ether oxygens (including phenoxy) is 2. The van der Waals surface area contributed by atoms with Gasteiger partial charge in [0.15, 0.2) is 0 Å². The normalized spacial score (nSPS) is 16.5. The van der Waals surface area contributed by atoms with Crippen molar-refractivity contribution in [3.05, 3.63) is 0 Å². The van der Waals surface area contributed by atoms with Crippen LogP contribution in [-0.2, 0) is 38.2 Å². The van der Waals surface area contributed by atoms with E-state index in [1.165, 1.54) is 13.8 Å². The van der Waals surface area contributed by atoms with Gasteiger partial charge in [-0.25, -0.2) is 4.79 Å². The molecule has 0 aliphatic heterocycles. The summed E-state index contributed by atoms with van der Waals surface area (Å²) in [4.78, 5) is 71.7. The fourth-order valence-corrected chi connectivity index (χ4v) is 3.08. The molecule has 218 valence electrons. The van der Waals surface area contributed by atoms with Gasteiger partial charge in [0.05, 0.1) is 13.2 Å². The molecule has 0 aliphatic rings. The summed E-state index contributed by atoms with van der Waals surface area (Å²) in [6, 6.07) is -3.88. The summed E-state index contributed by atoms with van der Waals surface area (Å²) in [5.74, 6) is -3.78. The molecule has 0 aliphatic carbocycles. The van der Waals surface area contributed by atoms with Crippen LogP contribution in [0.25, 0.3) is 0 Å². The Morgan fingerprint density at radius 1 is 1.03 bits per heavy atom.